The highest BCUT2D eigenvalue weighted by molar-refractivity contribution is 6.31. The van der Waals surface area contributed by atoms with Gasteiger partial charge in [0, 0.05) is 23.4 Å². The van der Waals surface area contributed by atoms with Gasteiger partial charge in [-0.25, -0.2) is 4.79 Å². The lowest BCUT2D eigenvalue weighted by Crippen LogP contribution is -2.31. The summed E-state index contributed by atoms with van der Waals surface area (Å²) in [6.45, 7) is 0. The Morgan fingerprint density at radius 3 is 2.52 bits per heavy atom. The van der Waals surface area contributed by atoms with Crippen LogP contribution in [0.4, 0.5) is 0 Å². The Bertz CT molecular complexity index is 624. The molecule has 0 N–H and O–H groups in total. The van der Waals surface area contributed by atoms with E-state index in [1.807, 2.05) is 0 Å². The van der Waals surface area contributed by atoms with Gasteiger partial charge in [0.1, 0.15) is 5.92 Å². The van der Waals surface area contributed by atoms with Crippen molar-refractivity contribution in [3.8, 4) is 0 Å². The molecule has 0 spiro atoms. The van der Waals surface area contributed by atoms with Crippen LogP contribution in [-0.2, 0) is 19.1 Å². The number of halogens is 1. The number of aliphatic imine (C=N–C) groups is 1. The number of rotatable bonds is 3. The van der Waals surface area contributed by atoms with E-state index < -0.39 is 23.8 Å². The van der Waals surface area contributed by atoms with E-state index in [4.69, 9.17) is 21.1 Å². The van der Waals surface area contributed by atoms with Crippen LogP contribution in [0, 0.1) is 5.92 Å². The fraction of sp³-hybridized carbons (Fsp3) is 0.267. The molecule has 1 aromatic carbocycles. The third-order valence-electron chi connectivity index (χ3n) is 3.29. The molecule has 0 aliphatic carbocycles. The topological polar surface area (TPSA) is 65.0 Å². The Kier molecular flexibility index (Phi) is 4.75. The zero-order valence-electron chi connectivity index (χ0n) is 11.6. The zero-order valence-corrected chi connectivity index (χ0v) is 12.3. The van der Waals surface area contributed by atoms with E-state index in [1.165, 1.54) is 26.6 Å². The van der Waals surface area contributed by atoms with Crippen molar-refractivity contribution in [2.45, 2.75) is 5.92 Å². The van der Waals surface area contributed by atoms with Crippen molar-refractivity contribution in [1.29, 1.82) is 0 Å². The average molecular weight is 308 g/mol. The Balaban J connectivity index is 2.54. The van der Waals surface area contributed by atoms with Crippen molar-refractivity contribution in [2.75, 3.05) is 14.2 Å². The first-order chi connectivity index (χ1) is 10.1. The second kappa shape index (κ2) is 6.54. The van der Waals surface area contributed by atoms with Crippen molar-refractivity contribution < 1.29 is 19.1 Å². The molecule has 0 bridgehead atoms. The third-order valence-corrected chi connectivity index (χ3v) is 3.63. The number of ether oxygens (including phenoxy) is 2. The van der Waals surface area contributed by atoms with Crippen molar-refractivity contribution in [3.05, 3.63) is 46.6 Å². The fourth-order valence-corrected chi connectivity index (χ4v) is 2.55. The van der Waals surface area contributed by atoms with E-state index >= 15 is 0 Å². The van der Waals surface area contributed by atoms with Crippen molar-refractivity contribution in [1.82, 2.24) is 0 Å². The molecule has 0 amide bonds. The predicted molar refractivity (Wildman–Crippen MR) is 78.3 cm³/mol. The van der Waals surface area contributed by atoms with E-state index in [0.29, 0.717) is 10.6 Å². The maximum absolute atomic E-state index is 12.0. The molecule has 110 valence electrons. The maximum atomic E-state index is 12.0. The van der Waals surface area contributed by atoms with Crippen LogP contribution in [0.1, 0.15) is 11.5 Å². The first-order valence-corrected chi connectivity index (χ1v) is 6.62. The maximum Gasteiger partial charge on any atom is 0.335 e. The normalized spacial score (nSPS) is 20.6. The summed E-state index contributed by atoms with van der Waals surface area (Å²) in [7, 11) is 2.56. The molecule has 5 nitrogen and oxygen atoms in total. The van der Waals surface area contributed by atoms with Gasteiger partial charge < -0.3 is 9.47 Å². The summed E-state index contributed by atoms with van der Waals surface area (Å²) in [5, 5.41) is 0.460. The molecule has 0 aromatic heterocycles. The van der Waals surface area contributed by atoms with Crippen LogP contribution in [0.5, 0.6) is 0 Å². The van der Waals surface area contributed by atoms with Crippen LogP contribution >= 0.6 is 11.6 Å². The predicted octanol–water partition coefficient (Wildman–Crippen LogP) is 2.35. The Hall–Kier alpha value is -2.14. The molecule has 6 heteroatoms. The summed E-state index contributed by atoms with van der Waals surface area (Å²) in [6.07, 6.45) is 2.84. The lowest BCUT2D eigenvalue weighted by Gasteiger charge is -2.26. The van der Waals surface area contributed by atoms with Gasteiger partial charge in [-0.05, 0) is 11.6 Å². The number of carbonyl (C=O) groups is 2. The number of hydrogen-bond donors (Lipinski definition) is 0. The van der Waals surface area contributed by atoms with Crippen LogP contribution in [0.2, 0.25) is 5.02 Å². The molecular formula is C15H14ClNO4. The van der Waals surface area contributed by atoms with Crippen LogP contribution in [0.25, 0.3) is 0 Å². The monoisotopic (exact) mass is 307 g/mol. The minimum Gasteiger partial charge on any atom is -0.468 e. The highest BCUT2D eigenvalue weighted by Crippen LogP contribution is 2.38. The van der Waals surface area contributed by atoms with E-state index in [0.717, 1.165) is 0 Å². The lowest BCUT2D eigenvalue weighted by molar-refractivity contribution is -0.143. The van der Waals surface area contributed by atoms with Gasteiger partial charge in [-0.15, -0.1) is 0 Å². The SMILES string of the molecule is COC(=O)C1=CN=CC(C(=O)OC)[C@@H]1c1ccccc1Cl. The standard InChI is InChI=1S/C15H14ClNO4/c1-20-14(18)10-7-17-8-11(15(19)21-2)13(10)9-5-3-4-6-12(9)16/h3-8,10,13H,1-2H3/t10?,13-/m0/s1. The van der Waals surface area contributed by atoms with Crippen LogP contribution < -0.4 is 0 Å². The lowest BCUT2D eigenvalue weighted by atomic mass is 9.80. The van der Waals surface area contributed by atoms with Gasteiger partial charge in [-0.3, -0.25) is 9.79 Å². The summed E-state index contributed by atoms with van der Waals surface area (Å²) in [6, 6.07) is 7.03. The van der Waals surface area contributed by atoms with Crippen LogP contribution in [0.3, 0.4) is 0 Å². The quantitative estimate of drug-likeness (QED) is 0.804. The number of carbonyl (C=O) groups excluding carboxylic acids is 2. The molecule has 2 rings (SSSR count). The van der Waals surface area contributed by atoms with Gasteiger partial charge in [0.05, 0.1) is 19.8 Å². The number of nitrogens with zero attached hydrogens (tertiary/aromatic N) is 1. The first-order valence-electron chi connectivity index (χ1n) is 6.24. The Morgan fingerprint density at radius 2 is 1.90 bits per heavy atom. The van der Waals surface area contributed by atoms with Gasteiger partial charge >= 0.3 is 11.9 Å². The number of methoxy groups -OCH3 is 2. The van der Waals surface area contributed by atoms with Crippen LogP contribution in [0.15, 0.2) is 41.0 Å². The van der Waals surface area contributed by atoms with Gasteiger partial charge in [-0.2, -0.15) is 0 Å². The highest BCUT2D eigenvalue weighted by Gasteiger charge is 2.38. The van der Waals surface area contributed by atoms with Gasteiger partial charge in [0.2, 0.25) is 0 Å². The minimum absolute atomic E-state index is 0.267. The summed E-state index contributed by atoms with van der Waals surface area (Å²) in [5.41, 5.74) is 0.917. The third kappa shape index (κ3) is 2.97. The smallest absolute Gasteiger partial charge is 0.335 e. The molecule has 21 heavy (non-hydrogen) atoms. The molecule has 1 unspecified atom stereocenters. The molecule has 1 heterocycles. The van der Waals surface area contributed by atoms with Gasteiger partial charge in [0.15, 0.2) is 0 Å². The van der Waals surface area contributed by atoms with E-state index in [-0.39, 0.29) is 5.57 Å². The van der Waals surface area contributed by atoms with Crippen molar-refractivity contribution >= 4 is 29.8 Å². The van der Waals surface area contributed by atoms with Gasteiger partial charge in [0.25, 0.3) is 0 Å². The zero-order chi connectivity index (χ0) is 15.4. The molecule has 0 radical (unpaired) electrons. The highest BCUT2D eigenvalue weighted by atomic mass is 35.5. The first kappa shape index (κ1) is 15.3. The summed E-state index contributed by atoms with van der Waals surface area (Å²) >= 11 is 6.21. The van der Waals surface area contributed by atoms with Crippen molar-refractivity contribution in [2.24, 2.45) is 10.9 Å². The largest absolute Gasteiger partial charge is 0.468 e. The molecular weight excluding hydrogens is 294 g/mol. The second-order valence-corrected chi connectivity index (χ2v) is 4.83. The van der Waals surface area contributed by atoms with E-state index in [1.54, 1.807) is 24.3 Å². The molecule has 2 atom stereocenters. The number of hydrogen-bond acceptors (Lipinski definition) is 5. The molecule has 0 fully saturated rings. The number of benzene rings is 1. The number of esters is 2. The Labute approximate surface area is 127 Å². The van der Waals surface area contributed by atoms with Gasteiger partial charge in [-0.1, -0.05) is 29.8 Å². The van der Waals surface area contributed by atoms with E-state index in [9.17, 15) is 9.59 Å². The molecule has 1 aliphatic rings. The van der Waals surface area contributed by atoms with E-state index in [2.05, 4.69) is 4.99 Å². The van der Waals surface area contributed by atoms with Crippen molar-refractivity contribution in [3.63, 3.8) is 0 Å². The summed E-state index contributed by atoms with van der Waals surface area (Å²) in [4.78, 5) is 27.9. The second-order valence-electron chi connectivity index (χ2n) is 4.42. The molecule has 1 aromatic rings. The average Bonchev–Trinajstić information content (AvgIpc) is 2.53. The molecule has 1 aliphatic heterocycles. The summed E-state index contributed by atoms with van der Waals surface area (Å²) in [5.74, 6) is -2.35. The molecule has 0 saturated heterocycles. The Morgan fingerprint density at radius 1 is 1.19 bits per heavy atom. The summed E-state index contributed by atoms with van der Waals surface area (Å²) < 4.78 is 9.56. The fourth-order valence-electron chi connectivity index (χ4n) is 2.29. The minimum atomic E-state index is -0.728. The molecule has 0 saturated carbocycles. The van der Waals surface area contributed by atoms with Crippen LogP contribution in [-0.4, -0.2) is 32.4 Å².